The summed E-state index contributed by atoms with van der Waals surface area (Å²) in [5.74, 6) is -7.27. The zero-order valence-electron chi connectivity index (χ0n) is 24.7. The summed E-state index contributed by atoms with van der Waals surface area (Å²) in [7, 11) is 0. The van der Waals surface area contributed by atoms with Crippen LogP contribution in [0.15, 0.2) is 47.1 Å². The van der Waals surface area contributed by atoms with Gasteiger partial charge in [-0.1, -0.05) is 36.8 Å². The first-order chi connectivity index (χ1) is 20.6. The number of nitrogens with one attached hydrogen (secondary N) is 2. The number of hydrogen-bond donors (Lipinski definition) is 3. The minimum absolute atomic E-state index is 0.0169. The number of alkyl halides is 5. The third-order valence-electron chi connectivity index (χ3n) is 10.3. The van der Waals surface area contributed by atoms with Crippen molar-refractivity contribution in [2.24, 2.45) is 17.3 Å². The molecule has 4 aliphatic carbocycles. The molecule has 5 rings (SSSR count). The number of halogens is 5. The summed E-state index contributed by atoms with van der Waals surface area (Å²) in [6.07, 6.45) is -3.15. The summed E-state index contributed by atoms with van der Waals surface area (Å²) < 4.78 is 76.3. The van der Waals surface area contributed by atoms with Crippen LogP contribution in [0.3, 0.4) is 0 Å². The fourth-order valence-corrected chi connectivity index (χ4v) is 8.19. The maximum atomic E-state index is 15.1. The molecule has 0 unspecified atom stereocenters. The van der Waals surface area contributed by atoms with Crippen molar-refractivity contribution in [3.63, 3.8) is 0 Å². The van der Waals surface area contributed by atoms with Crippen LogP contribution in [0.4, 0.5) is 26.7 Å². The second-order valence-corrected chi connectivity index (χ2v) is 12.5. The van der Waals surface area contributed by atoms with Gasteiger partial charge in [0.25, 0.3) is 0 Å². The average molecular weight is 625 g/mol. The van der Waals surface area contributed by atoms with Crippen molar-refractivity contribution in [2.45, 2.75) is 89.0 Å². The van der Waals surface area contributed by atoms with Gasteiger partial charge in [0.2, 0.25) is 0 Å². The van der Waals surface area contributed by atoms with E-state index in [1.165, 1.54) is 6.92 Å². The number of ketones is 1. The zero-order valence-corrected chi connectivity index (χ0v) is 24.7. The molecule has 0 spiro atoms. The Labute approximate surface area is 252 Å². The average Bonchev–Trinajstić information content (AvgIpc) is 3.25. The van der Waals surface area contributed by atoms with Crippen LogP contribution in [0.2, 0.25) is 0 Å². The standard InChI is InChI=1S/C32H37F5N2O5/c1-3-44-26(41)17-39-28(42)38-16-18-4-6-19(7-5-18)24-15-29(2)25(12-13-30(29,43)31(33,34)32(35,36)37)23-10-8-20-14-21(40)9-11-22(20)27(23)24/h4-7,14,23-25,43H,3,8-13,15-17H2,1-2H3,(H2,38,39,42)/t23-,24+,25-,29-,30-/m0/s1. The lowest BCUT2D eigenvalue weighted by Gasteiger charge is -2.56. The van der Waals surface area contributed by atoms with Gasteiger partial charge < -0.3 is 20.5 Å². The van der Waals surface area contributed by atoms with Crippen LogP contribution in [0.25, 0.3) is 0 Å². The second-order valence-electron chi connectivity index (χ2n) is 12.5. The van der Waals surface area contributed by atoms with Gasteiger partial charge in [-0.25, -0.2) is 4.79 Å². The molecule has 2 amide bonds. The molecule has 2 saturated carbocycles. The Morgan fingerprint density at radius 3 is 2.41 bits per heavy atom. The molecule has 1 aromatic rings. The molecule has 7 nitrogen and oxygen atoms in total. The van der Waals surface area contributed by atoms with Gasteiger partial charge in [-0.2, -0.15) is 22.0 Å². The first kappa shape index (κ1) is 32.1. The van der Waals surface area contributed by atoms with Crippen molar-refractivity contribution in [1.29, 1.82) is 0 Å². The van der Waals surface area contributed by atoms with Gasteiger partial charge in [-0.3, -0.25) is 9.59 Å². The smallest absolute Gasteiger partial charge is 0.456 e. The van der Waals surface area contributed by atoms with Crippen LogP contribution in [-0.4, -0.2) is 53.7 Å². The molecule has 0 radical (unpaired) electrons. The monoisotopic (exact) mass is 624 g/mol. The highest BCUT2D eigenvalue weighted by Gasteiger charge is 2.79. The first-order valence-electron chi connectivity index (χ1n) is 15.0. The summed E-state index contributed by atoms with van der Waals surface area (Å²) in [5.41, 5.74) is -0.704. The van der Waals surface area contributed by atoms with Crippen LogP contribution in [0, 0.1) is 17.3 Å². The lowest BCUT2D eigenvalue weighted by molar-refractivity contribution is -0.362. The molecular weight excluding hydrogens is 587 g/mol. The third-order valence-corrected chi connectivity index (χ3v) is 10.3. The molecule has 5 atom stereocenters. The number of allylic oxidation sites excluding steroid dienone is 4. The lowest BCUT2D eigenvalue weighted by Crippen LogP contribution is -2.65. The molecule has 4 aliphatic rings. The highest BCUT2D eigenvalue weighted by Crippen LogP contribution is 2.70. The maximum Gasteiger partial charge on any atom is 0.456 e. The molecule has 0 heterocycles. The van der Waals surface area contributed by atoms with E-state index in [4.69, 9.17) is 4.74 Å². The number of aliphatic hydroxyl groups is 1. The van der Waals surface area contributed by atoms with Crippen molar-refractivity contribution < 1.29 is 46.2 Å². The van der Waals surface area contributed by atoms with E-state index in [-0.39, 0.29) is 44.2 Å². The van der Waals surface area contributed by atoms with Gasteiger partial charge in [0.15, 0.2) is 5.78 Å². The van der Waals surface area contributed by atoms with Crippen LogP contribution in [0.5, 0.6) is 0 Å². The SMILES string of the molecule is CCOC(=O)CNC(=O)NCc1ccc([C@H]2C[C@@]3(C)[C@@H](CC[C@@]3(O)C(F)(F)C(F)(F)F)[C@@H]3CCC4=CC(=O)CCC4=C32)cc1. The normalized spacial score (nSPS) is 30.1. The number of ether oxygens (including phenoxy) is 1. The van der Waals surface area contributed by atoms with Crippen molar-refractivity contribution in [3.05, 3.63) is 58.2 Å². The van der Waals surface area contributed by atoms with Crippen molar-refractivity contribution in [3.8, 4) is 0 Å². The first-order valence-corrected chi connectivity index (χ1v) is 15.0. The molecule has 2 fully saturated rings. The van der Waals surface area contributed by atoms with Crippen LogP contribution in [0.1, 0.15) is 75.8 Å². The summed E-state index contributed by atoms with van der Waals surface area (Å²) in [6.45, 7) is 3.05. The molecule has 3 N–H and O–H groups in total. The lowest BCUT2D eigenvalue weighted by atomic mass is 9.50. The van der Waals surface area contributed by atoms with E-state index < -0.39 is 53.4 Å². The van der Waals surface area contributed by atoms with E-state index in [0.29, 0.717) is 36.8 Å². The number of hydrogen-bond acceptors (Lipinski definition) is 5. The minimum atomic E-state index is -5.91. The van der Waals surface area contributed by atoms with Gasteiger partial charge in [0.05, 0.1) is 6.61 Å². The Balaban J connectivity index is 1.46. The van der Waals surface area contributed by atoms with Gasteiger partial charge in [0.1, 0.15) is 12.1 Å². The fourth-order valence-electron chi connectivity index (χ4n) is 8.19. The van der Waals surface area contributed by atoms with Crippen molar-refractivity contribution in [1.82, 2.24) is 10.6 Å². The largest absolute Gasteiger partial charge is 0.465 e. The summed E-state index contributed by atoms with van der Waals surface area (Å²) in [5, 5.41) is 16.4. The number of esters is 1. The number of amides is 2. The molecule has 1 aromatic carbocycles. The molecular formula is C32H37F5N2O5. The molecule has 0 saturated heterocycles. The van der Waals surface area contributed by atoms with Crippen molar-refractivity contribution in [2.75, 3.05) is 13.2 Å². The van der Waals surface area contributed by atoms with Gasteiger partial charge in [-0.15, -0.1) is 0 Å². The van der Waals surface area contributed by atoms with Crippen molar-refractivity contribution >= 4 is 17.8 Å². The highest BCUT2D eigenvalue weighted by atomic mass is 19.4. The zero-order chi connectivity index (χ0) is 32.1. The molecule has 44 heavy (non-hydrogen) atoms. The molecule has 0 bridgehead atoms. The Bertz CT molecular complexity index is 1390. The Hall–Kier alpha value is -3.28. The van der Waals surface area contributed by atoms with Gasteiger partial charge >= 0.3 is 24.1 Å². The van der Waals surface area contributed by atoms with Crippen LogP contribution >= 0.6 is 0 Å². The van der Waals surface area contributed by atoms with Crippen LogP contribution < -0.4 is 10.6 Å². The summed E-state index contributed by atoms with van der Waals surface area (Å²) in [6, 6.07) is 6.45. The Morgan fingerprint density at radius 1 is 1.05 bits per heavy atom. The number of benzene rings is 1. The Kier molecular flexibility index (Phi) is 8.45. The number of urea groups is 1. The number of fused-ring (bicyclic) bond motifs is 4. The quantitative estimate of drug-likeness (QED) is 0.260. The number of carbonyl (C=O) groups excluding carboxylic acids is 3. The van der Waals surface area contributed by atoms with E-state index >= 15 is 8.78 Å². The van der Waals surface area contributed by atoms with E-state index in [0.717, 1.165) is 16.7 Å². The fraction of sp³-hybridized carbons (Fsp3) is 0.594. The molecule has 0 aliphatic heterocycles. The van der Waals surface area contributed by atoms with Crippen LogP contribution in [-0.2, 0) is 20.9 Å². The van der Waals surface area contributed by atoms with Gasteiger partial charge in [0, 0.05) is 24.3 Å². The predicted molar refractivity (Wildman–Crippen MR) is 150 cm³/mol. The van der Waals surface area contributed by atoms with E-state index in [9.17, 15) is 32.7 Å². The molecule has 240 valence electrons. The topological polar surface area (TPSA) is 105 Å². The third kappa shape index (κ3) is 5.32. The van der Waals surface area contributed by atoms with E-state index in [2.05, 4.69) is 10.6 Å². The second kappa shape index (κ2) is 11.6. The van der Waals surface area contributed by atoms with E-state index in [1.54, 1.807) is 37.3 Å². The number of carbonyl (C=O) groups is 3. The van der Waals surface area contributed by atoms with E-state index in [1.807, 2.05) is 0 Å². The predicted octanol–water partition coefficient (Wildman–Crippen LogP) is 5.88. The summed E-state index contributed by atoms with van der Waals surface area (Å²) in [4.78, 5) is 35.7. The summed E-state index contributed by atoms with van der Waals surface area (Å²) >= 11 is 0. The maximum absolute atomic E-state index is 15.1. The highest BCUT2D eigenvalue weighted by molar-refractivity contribution is 5.93. The van der Waals surface area contributed by atoms with Gasteiger partial charge in [-0.05, 0) is 85.6 Å². The molecule has 0 aromatic heterocycles. The minimum Gasteiger partial charge on any atom is -0.465 e. The Morgan fingerprint density at radius 2 is 1.75 bits per heavy atom. The number of rotatable bonds is 7. The molecule has 12 heteroatoms.